The standard InChI is InChI=1S/C21H29NO2/c1-7-14(2)18-16-11-9-8-10-15(16)12-17(23-6)21(18,5)19-22-20(3,4)13-24-19/h8-12,14,18H,7,13H2,1-6H3/t14?,18-,21+/m0/s1. The first-order chi connectivity index (χ1) is 11.3. The van der Waals surface area contributed by atoms with Crippen LogP contribution in [-0.4, -0.2) is 25.2 Å². The Hall–Kier alpha value is -1.77. The molecule has 1 aromatic rings. The number of hydrogen-bond acceptors (Lipinski definition) is 3. The summed E-state index contributed by atoms with van der Waals surface area (Å²) in [4.78, 5) is 4.93. The van der Waals surface area contributed by atoms with Crippen molar-refractivity contribution in [3.63, 3.8) is 0 Å². The maximum atomic E-state index is 6.11. The van der Waals surface area contributed by atoms with Crippen molar-refractivity contribution in [2.75, 3.05) is 13.7 Å². The van der Waals surface area contributed by atoms with Crippen LogP contribution in [-0.2, 0) is 9.47 Å². The summed E-state index contributed by atoms with van der Waals surface area (Å²) in [6.07, 6.45) is 3.26. The second-order valence-corrected chi connectivity index (χ2v) is 7.93. The van der Waals surface area contributed by atoms with Crippen molar-refractivity contribution in [2.24, 2.45) is 16.3 Å². The lowest BCUT2D eigenvalue weighted by atomic mass is 9.62. The Bertz CT molecular complexity index is 689. The molecule has 3 nitrogen and oxygen atoms in total. The number of nitrogens with zero attached hydrogens (tertiary/aromatic N) is 1. The van der Waals surface area contributed by atoms with Crippen LogP contribution < -0.4 is 0 Å². The van der Waals surface area contributed by atoms with Gasteiger partial charge >= 0.3 is 0 Å². The van der Waals surface area contributed by atoms with Crippen LogP contribution >= 0.6 is 0 Å². The van der Waals surface area contributed by atoms with Gasteiger partial charge < -0.3 is 9.47 Å². The Morgan fingerprint density at radius 1 is 1.29 bits per heavy atom. The molecule has 0 radical (unpaired) electrons. The Morgan fingerprint density at radius 2 is 2.00 bits per heavy atom. The number of fused-ring (bicyclic) bond motifs is 1. The highest BCUT2D eigenvalue weighted by molar-refractivity contribution is 5.90. The average molecular weight is 327 g/mol. The molecule has 0 amide bonds. The topological polar surface area (TPSA) is 30.8 Å². The van der Waals surface area contributed by atoms with Gasteiger partial charge in [-0.15, -0.1) is 0 Å². The first-order valence-corrected chi connectivity index (χ1v) is 8.91. The molecule has 1 aliphatic carbocycles. The molecule has 3 atom stereocenters. The molecule has 0 N–H and O–H groups in total. The largest absolute Gasteiger partial charge is 0.500 e. The minimum absolute atomic E-state index is 0.172. The van der Waals surface area contributed by atoms with Crippen molar-refractivity contribution >= 4 is 12.0 Å². The van der Waals surface area contributed by atoms with Crippen LogP contribution in [0.4, 0.5) is 0 Å². The van der Waals surface area contributed by atoms with Gasteiger partial charge in [-0.3, -0.25) is 0 Å². The van der Waals surface area contributed by atoms with E-state index in [1.54, 1.807) is 7.11 Å². The molecule has 0 spiro atoms. The van der Waals surface area contributed by atoms with Crippen LogP contribution in [0.5, 0.6) is 0 Å². The minimum atomic E-state index is -0.369. The van der Waals surface area contributed by atoms with Crippen LogP contribution in [0.1, 0.15) is 58.1 Å². The Kier molecular flexibility index (Phi) is 4.23. The predicted molar refractivity (Wildman–Crippen MR) is 99.2 cm³/mol. The van der Waals surface area contributed by atoms with Gasteiger partial charge in [0.2, 0.25) is 0 Å². The first-order valence-electron chi connectivity index (χ1n) is 8.91. The van der Waals surface area contributed by atoms with Gasteiger partial charge in [0.1, 0.15) is 17.8 Å². The van der Waals surface area contributed by atoms with Crippen molar-refractivity contribution in [3.05, 3.63) is 41.2 Å². The Morgan fingerprint density at radius 3 is 2.58 bits per heavy atom. The van der Waals surface area contributed by atoms with Crippen molar-refractivity contribution in [2.45, 2.75) is 52.5 Å². The molecule has 2 aliphatic rings. The van der Waals surface area contributed by atoms with Crippen LogP contribution in [0.2, 0.25) is 0 Å². The molecule has 24 heavy (non-hydrogen) atoms. The predicted octanol–water partition coefficient (Wildman–Crippen LogP) is 5.03. The van der Waals surface area contributed by atoms with Crippen molar-refractivity contribution in [3.8, 4) is 0 Å². The second kappa shape index (κ2) is 5.94. The van der Waals surface area contributed by atoms with Crippen LogP contribution in [0.25, 0.3) is 6.08 Å². The third-order valence-electron chi connectivity index (χ3n) is 5.60. The zero-order valence-corrected chi connectivity index (χ0v) is 15.7. The molecule has 0 saturated carbocycles. The summed E-state index contributed by atoms with van der Waals surface area (Å²) in [6.45, 7) is 11.7. The molecule has 1 aliphatic heterocycles. The van der Waals surface area contributed by atoms with Gasteiger partial charge in [0.25, 0.3) is 0 Å². The maximum absolute atomic E-state index is 6.11. The molecule has 1 heterocycles. The monoisotopic (exact) mass is 327 g/mol. The molecule has 3 heteroatoms. The van der Waals surface area contributed by atoms with Gasteiger partial charge in [-0.25, -0.2) is 4.99 Å². The normalized spacial score (nSPS) is 29.2. The lowest BCUT2D eigenvalue weighted by Gasteiger charge is -2.44. The highest BCUT2D eigenvalue weighted by Gasteiger charge is 2.52. The van der Waals surface area contributed by atoms with Gasteiger partial charge in [0.15, 0.2) is 5.90 Å². The summed E-state index contributed by atoms with van der Waals surface area (Å²) in [5, 5.41) is 0. The van der Waals surface area contributed by atoms with E-state index in [-0.39, 0.29) is 16.9 Å². The zero-order chi connectivity index (χ0) is 17.5. The molecule has 0 fully saturated rings. The van der Waals surface area contributed by atoms with Gasteiger partial charge in [0.05, 0.1) is 12.6 Å². The SMILES string of the molecule is CCC(C)[C@H]1c2ccccc2C=C(OC)[C@@]1(C)C1=NC(C)(C)CO1. The van der Waals surface area contributed by atoms with Gasteiger partial charge in [-0.2, -0.15) is 0 Å². The summed E-state index contributed by atoms with van der Waals surface area (Å²) >= 11 is 0. The van der Waals surface area contributed by atoms with Crippen LogP contribution in [0.15, 0.2) is 35.0 Å². The minimum Gasteiger partial charge on any atom is -0.500 e. The van der Waals surface area contributed by atoms with Crippen molar-refractivity contribution in [1.29, 1.82) is 0 Å². The fourth-order valence-electron chi connectivity index (χ4n) is 4.15. The van der Waals surface area contributed by atoms with Gasteiger partial charge in [-0.05, 0) is 43.9 Å². The number of ether oxygens (including phenoxy) is 2. The molecular weight excluding hydrogens is 298 g/mol. The molecule has 0 aromatic heterocycles. The van der Waals surface area contributed by atoms with Crippen LogP contribution in [0, 0.1) is 11.3 Å². The lowest BCUT2D eigenvalue weighted by molar-refractivity contribution is 0.151. The molecule has 0 bridgehead atoms. The van der Waals surface area contributed by atoms with E-state index in [4.69, 9.17) is 14.5 Å². The van der Waals surface area contributed by atoms with E-state index >= 15 is 0 Å². The number of benzene rings is 1. The fraction of sp³-hybridized carbons (Fsp3) is 0.571. The van der Waals surface area contributed by atoms with E-state index in [9.17, 15) is 0 Å². The van der Waals surface area contributed by atoms with Crippen LogP contribution in [0.3, 0.4) is 0 Å². The molecule has 1 aromatic carbocycles. The quantitative estimate of drug-likeness (QED) is 0.776. The zero-order valence-electron chi connectivity index (χ0n) is 15.7. The number of aliphatic imine (C=N–C) groups is 1. The molecule has 0 saturated heterocycles. The fourth-order valence-corrected chi connectivity index (χ4v) is 4.15. The van der Waals surface area contributed by atoms with Crippen molar-refractivity contribution < 1.29 is 9.47 Å². The second-order valence-electron chi connectivity index (χ2n) is 7.93. The molecule has 1 unspecified atom stereocenters. The third-order valence-corrected chi connectivity index (χ3v) is 5.60. The van der Waals surface area contributed by atoms with E-state index in [0.717, 1.165) is 18.1 Å². The highest BCUT2D eigenvalue weighted by atomic mass is 16.5. The molecule has 130 valence electrons. The Balaban J connectivity index is 2.22. The lowest BCUT2D eigenvalue weighted by Crippen LogP contribution is -2.42. The maximum Gasteiger partial charge on any atom is 0.198 e. The number of hydrogen-bond donors (Lipinski definition) is 0. The summed E-state index contributed by atoms with van der Waals surface area (Å²) in [5.74, 6) is 2.54. The van der Waals surface area contributed by atoms with E-state index in [0.29, 0.717) is 12.5 Å². The van der Waals surface area contributed by atoms with Crippen molar-refractivity contribution in [1.82, 2.24) is 0 Å². The number of methoxy groups -OCH3 is 1. The summed E-state index contributed by atoms with van der Waals surface area (Å²) < 4.78 is 12.0. The first kappa shape index (κ1) is 17.1. The summed E-state index contributed by atoms with van der Waals surface area (Å²) in [7, 11) is 1.76. The average Bonchev–Trinajstić information content (AvgIpc) is 2.94. The summed E-state index contributed by atoms with van der Waals surface area (Å²) in [5.41, 5.74) is 2.07. The smallest absolute Gasteiger partial charge is 0.198 e. The summed E-state index contributed by atoms with van der Waals surface area (Å²) in [6, 6.07) is 8.63. The number of rotatable bonds is 4. The molecule has 3 rings (SSSR count). The Labute approximate surface area is 145 Å². The molecular formula is C21H29NO2. The highest BCUT2D eigenvalue weighted by Crippen LogP contribution is 2.54. The van der Waals surface area contributed by atoms with E-state index in [2.05, 4.69) is 65.0 Å². The third kappa shape index (κ3) is 2.54. The van der Waals surface area contributed by atoms with Gasteiger partial charge in [0, 0.05) is 5.92 Å². The van der Waals surface area contributed by atoms with E-state index in [1.807, 2.05) is 0 Å². The van der Waals surface area contributed by atoms with E-state index < -0.39 is 0 Å². The van der Waals surface area contributed by atoms with Gasteiger partial charge in [-0.1, -0.05) is 44.5 Å². The van der Waals surface area contributed by atoms with E-state index in [1.165, 1.54) is 11.1 Å².